The fraction of sp³-hybridized carbons (Fsp3) is 0.667. The summed E-state index contributed by atoms with van der Waals surface area (Å²) in [5, 5.41) is 0. The van der Waals surface area contributed by atoms with Gasteiger partial charge in [0.05, 0.1) is 0 Å². The average Bonchev–Trinajstić information content (AvgIpc) is 3.03. The van der Waals surface area contributed by atoms with Crippen molar-refractivity contribution in [1.82, 2.24) is 0 Å². The van der Waals surface area contributed by atoms with E-state index in [-0.39, 0.29) is 0 Å². The van der Waals surface area contributed by atoms with Crippen molar-refractivity contribution >= 4 is 16.6 Å². The van der Waals surface area contributed by atoms with Crippen LogP contribution in [0.1, 0.15) is 119 Å². The first-order chi connectivity index (χ1) is 20.9. The number of para-hydroxylation sites is 2. The Morgan fingerprint density at radius 2 is 0.674 bits per heavy atom. The summed E-state index contributed by atoms with van der Waals surface area (Å²) in [6.45, 7) is 13.9. The van der Waals surface area contributed by atoms with Gasteiger partial charge in [-0.1, -0.05) is 0 Å². The molecule has 7 heteroatoms. The number of hydrogen-bond acceptors (Lipinski definition) is 4. The van der Waals surface area contributed by atoms with Crippen LogP contribution in [0.4, 0.5) is 0 Å². The van der Waals surface area contributed by atoms with Crippen LogP contribution in [0.5, 0.6) is 11.5 Å². The van der Waals surface area contributed by atoms with E-state index in [0.717, 1.165) is 47.8 Å². The molecule has 0 radical (unpaired) electrons. The quantitative estimate of drug-likeness (QED) is 0.0912. The van der Waals surface area contributed by atoms with Crippen LogP contribution in [0.2, 0.25) is 36.3 Å². The van der Waals surface area contributed by atoms with E-state index in [2.05, 4.69) is 102 Å². The number of hydrogen-bond donors (Lipinski definition) is 0. The van der Waals surface area contributed by atoms with Gasteiger partial charge in [0.2, 0.25) is 0 Å². The summed E-state index contributed by atoms with van der Waals surface area (Å²) in [5.74, 6) is 1.64. The summed E-state index contributed by atoms with van der Waals surface area (Å²) in [4.78, 5) is 0. The minimum absolute atomic E-state index is 0.822. The van der Waals surface area contributed by atoms with Gasteiger partial charge in [0.1, 0.15) is 0 Å². The summed E-state index contributed by atoms with van der Waals surface area (Å²) in [7, 11) is -4.51. The van der Waals surface area contributed by atoms with E-state index >= 15 is 0 Å². The Morgan fingerprint density at radius 1 is 0.419 bits per heavy atom. The third-order valence-corrected chi connectivity index (χ3v) is 30.0. The van der Waals surface area contributed by atoms with Gasteiger partial charge in [0.25, 0.3) is 0 Å². The number of rotatable bonds is 26. The van der Waals surface area contributed by atoms with Crippen molar-refractivity contribution in [3.8, 4) is 11.5 Å². The van der Waals surface area contributed by atoms with E-state index in [1.165, 1.54) is 77.0 Å². The topological polar surface area (TPSA) is 36.9 Å². The molecule has 0 bridgehead atoms. The second kappa shape index (κ2) is 21.9. The molecule has 2 rings (SSSR count). The van der Waals surface area contributed by atoms with Gasteiger partial charge in [-0.15, -0.1) is 0 Å². The van der Waals surface area contributed by atoms with Crippen molar-refractivity contribution in [2.24, 2.45) is 0 Å². The molecule has 0 saturated carbocycles. The second-order valence-electron chi connectivity index (χ2n) is 12.5. The molecule has 0 saturated heterocycles. The molecule has 0 N–H and O–H groups in total. The Bertz CT molecular complexity index is 826. The van der Waals surface area contributed by atoms with Crippen molar-refractivity contribution < 1.29 is 32.7 Å². The number of benzene rings is 2. The monoisotopic (exact) mass is 706 g/mol. The molecule has 0 aliphatic carbocycles. The van der Waals surface area contributed by atoms with Crippen LogP contribution in [-0.2, 0) is 27.0 Å². The first-order valence-electron chi connectivity index (χ1n) is 17.8. The predicted octanol–water partition coefficient (Wildman–Crippen LogP) is 12.7. The molecule has 0 heterocycles. The Hall–Kier alpha value is -0.723. The minimum atomic E-state index is -4.81. The normalized spacial score (nSPS) is 12.4. The van der Waals surface area contributed by atoms with E-state index < -0.39 is 38.7 Å². The van der Waals surface area contributed by atoms with Crippen LogP contribution >= 0.6 is 0 Å². The third-order valence-electron chi connectivity index (χ3n) is 8.57. The molecule has 0 aromatic heterocycles. The van der Waals surface area contributed by atoms with Gasteiger partial charge in [-0.05, 0) is 0 Å². The molecule has 0 spiro atoms. The van der Waals surface area contributed by atoms with Gasteiger partial charge in [-0.25, -0.2) is 0 Å². The van der Waals surface area contributed by atoms with E-state index in [1.54, 1.807) is 0 Å². The van der Waals surface area contributed by atoms with Crippen LogP contribution in [0.15, 0.2) is 60.7 Å². The zero-order chi connectivity index (χ0) is 31.3. The maximum absolute atomic E-state index is 7.85. The molecule has 2 aromatic carbocycles. The molecule has 43 heavy (non-hydrogen) atoms. The first kappa shape index (κ1) is 38.5. The predicted molar refractivity (Wildman–Crippen MR) is 186 cm³/mol. The molecule has 0 atom stereocenters. The van der Waals surface area contributed by atoms with Crippen molar-refractivity contribution in [3.63, 3.8) is 0 Å². The molecule has 0 aliphatic rings. The Balaban J connectivity index is 2.80. The molecule has 244 valence electrons. The van der Waals surface area contributed by atoms with E-state index in [4.69, 9.17) is 10.6 Å². The molecular weight excluding hydrogens is 644 g/mol. The van der Waals surface area contributed by atoms with Crippen molar-refractivity contribution in [1.29, 1.82) is 0 Å². The first-order valence-corrected chi connectivity index (χ1v) is 26.9. The van der Waals surface area contributed by atoms with Gasteiger partial charge in [0.15, 0.2) is 0 Å². The summed E-state index contributed by atoms with van der Waals surface area (Å²) in [6, 6.07) is 27.5. The average molecular weight is 708 g/mol. The van der Waals surface area contributed by atoms with Gasteiger partial charge >= 0.3 is 276 Å². The Labute approximate surface area is 274 Å². The van der Waals surface area contributed by atoms with Crippen LogP contribution < -0.4 is 5.63 Å². The summed E-state index contributed by atoms with van der Waals surface area (Å²) in [5.41, 5.74) is 0. The third kappa shape index (κ3) is 14.1. The summed E-state index contributed by atoms with van der Waals surface area (Å²) >= 11 is -4.81. The van der Waals surface area contributed by atoms with Gasteiger partial charge in [-0.2, -0.15) is 0 Å². The Kier molecular flexibility index (Phi) is 19.6. The molecule has 0 unspecified atom stereocenters. The zero-order valence-corrected chi connectivity index (χ0v) is 33.1. The van der Waals surface area contributed by atoms with Crippen LogP contribution in [0, 0.1) is 0 Å². The van der Waals surface area contributed by atoms with E-state index in [1.807, 2.05) is 0 Å². The molecular formula is C36H64O4Si2Zr. The summed E-state index contributed by atoms with van der Waals surface area (Å²) < 4.78 is 30.1. The number of unbranched alkanes of at least 4 members (excludes halogenated alkanes) is 6. The van der Waals surface area contributed by atoms with E-state index in [0.29, 0.717) is 0 Å². The van der Waals surface area contributed by atoms with Crippen molar-refractivity contribution in [2.45, 2.75) is 155 Å². The standard InChI is InChI=1S/2C12H27OSi.2C6H6O.Zr/c2*1-4-7-10-14(13,11-8-5-2)12-9-6-3;2*7-6-4-2-1-3-5-6;/h2*4-12H2,1-3H3;2*1-5,7H;/q2*-1;;;+4/p-2. The van der Waals surface area contributed by atoms with Crippen molar-refractivity contribution in [2.75, 3.05) is 0 Å². The van der Waals surface area contributed by atoms with E-state index in [9.17, 15) is 0 Å². The van der Waals surface area contributed by atoms with Crippen LogP contribution in [-0.4, -0.2) is 16.6 Å². The van der Waals surface area contributed by atoms with Crippen LogP contribution in [0.25, 0.3) is 0 Å². The van der Waals surface area contributed by atoms with Gasteiger partial charge in [-0.3, -0.25) is 0 Å². The fourth-order valence-corrected chi connectivity index (χ4v) is 32.1. The van der Waals surface area contributed by atoms with Gasteiger partial charge in [0, 0.05) is 0 Å². The zero-order valence-electron chi connectivity index (χ0n) is 28.6. The SMILES string of the molecule is CCCC[Si](CCCC)(CCCC)[O][Zr]([O]c1ccccc1)([O]c1ccccc1)[O][Si](CCCC)(CCCC)CCCC. The molecule has 0 amide bonds. The molecule has 2 aromatic rings. The Morgan fingerprint density at radius 3 is 0.907 bits per heavy atom. The fourth-order valence-electron chi connectivity index (χ4n) is 5.97. The maximum atomic E-state index is 7.85. The molecule has 0 fully saturated rings. The molecule has 0 aliphatic heterocycles. The second-order valence-corrected chi connectivity index (χ2v) is 27.1. The molecule has 4 nitrogen and oxygen atoms in total. The summed E-state index contributed by atoms with van der Waals surface area (Å²) in [6.07, 6.45) is 14.3. The van der Waals surface area contributed by atoms with Crippen LogP contribution in [0.3, 0.4) is 0 Å². The van der Waals surface area contributed by atoms with Crippen molar-refractivity contribution in [3.05, 3.63) is 60.7 Å². The van der Waals surface area contributed by atoms with Gasteiger partial charge < -0.3 is 0 Å².